The predicted octanol–water partition coefficient (Wildman–Crippen LogP) is 10.1. The van der Waals surface area contributed by atoms with Gasteiger partial charge in [-0.05, 0) is 104 Å². The summed E-state index contributed by atoms with van der Waals surface area (Å²) in [7, 11) is 2.64. The highest BCUT2D eigenvalue weighted by Gasteiger charge is 2.50. The van der Waals surface area contributed by atoms with Crippen molar-refractivity contribution in [3.8, 4) is 11.3 Å². The van der Waals surface area contributed by atoms with E-state index >= 15 is 0 Å². The van der Waals surface area contributed by atoms with Crippen LogP contribution in [0, 0.1) is 11.8 Å². The summed E-state index contributed by atoms with van der Waals surface area (Å²) in [4.78, 5) is 75.6. The van der Waals surface area contributed by atoms with Crippen LogP contribution in [-0.4, -0.2) is 80.0 Å². The Kier molecular flexibility index (Phi) is 13.4. The van der Waals surface area contributed by atoms with Crippen LogP contribution in [-0.2, 0) is 19.1 Å². The van der Waals surface area contributed by atoms with Gasteiger partial charge in [-0.1, -0.05) is 111 Å². The Bertz CT molecular complexity index is 2540. The molecule has 68 heavy (non-hydrogen) atoms. The van der Waals surface area contributed by atoms with Crippen LogP contribution in [0.25, 0.3) is 11.3 Å². The molecule has 5 aromatic rings. The molecule has 5 aliphatic rings. The lowest BCUT2D eigenvalue weighted by molar-refractivity contribution is -0.138. The molecule has 4 N–H and O–H groups in total. The molecule has 0 spiro atoms. The number of hydrogen-bond donors (Lipinski definition) is 4. The second-order valence-corrected chi connectivity index (χ2v) is 19.8. The first kappa shape index (κ1) is 45.3. The lowest BCUT2D eigenvalue weighted by atomic mass is 9.77. The van der Waals surface area contributed by atoms with Crippen molar-refractivity contribution in [1.82, 2.24) is 40.4 Å². The first-order chi connectivity index (χ1) is 33.3. The van der Waals surface area contributed by atoms with Crippen LogP contribution in [0.5, 0.6) is 0 Å². The fraction of sp³-hybridized carbons (Fsp3) is 0.481. The van der Waals surface area contributed by atoms with Crippen LogP contribution < -0.4 is 10.6 Å². The number of benzene rings is 3. The van der Waals surface area contributed by atoms with Crippen LogP contribution in [0.4, 0.5) is 9.59 Å². The normalized spacial score (nSPS) is 26.5. The SMILES string of the molecule is COC(=O)N[C@@H](C(=O)N1[C@@H]2CCCC[C@@H]2C[C@H]1c1ncc(-c2ccc([C@H]3CC[C@H](c4cnc([C@@H]5C[C@H]6CCCC[C@H]6N5C(=O)[C@H](NC(=O)OC)c5ccccc5)[nH]4)CC3)cc2)[nH]1)c1ccccc1. The molecule has 2 saturated heterocycles. The van der Waals surface area contributed by atoms with Crippen LogP contribution in [0.2, 0.25) is 0 Å². The van der Waals surface area contributed by atoms with E-state index in [-0.39, 0.29) is 36.0 Å². The van der Waals surface area contributed by atoms with Crippen molar-refractivity contribution in [2.45, 2.75) is 138 Å². The number of aromatic nitrogens is 4. The van der Waals surface area contributed by atoms with Gasteiger partial charge in [0.1, 0.15) is 23.7 Å². The van der Waals surface area contributed by atoms with Gasteiger partial charge in [-0.15, -0.1) is 0 Å². The third kappa shape index (κ3) is 9.13. The zero-order valence-corrected chi connectivity index (χ0v) is 39.1. The predicted molar refractivity (Wildman–Crippen MR) is 256 cm³/mol. The molecule has 8 atom stereocenters. The van der Waals surface area contributed by atoms with E-state index in [0.717, 1.165) is 124 Å². The molecule has 3 saturated carbocycles. The number of rotatable bonds is 11. The molecule has 3 aromatic carbocycles. The van der Waals surface area contributed by atoms with Crippen molar-refractivity contribution >= 4 is 24.0 Å². The summed E-state index contributed by atoms with van der Waals surface area (Å²) < 4.78 is 9.92. The molecular weight excluding hydrogens is 857 g/mol. The van der Waals surface area contributed by atoms with Gasteiger partial charge < -0.3 is 39.9 Å². The Morgan fingerprint density at radius 2 is 1.04 bits per heavy atom. The van der Waals surface area contributed by atoms with E-state index in [9.17, 15) is 19.2 Å². The number of ether oxygens (including phenoxy) is 2. The number of fused-ring (bicyclic) bond motifs is 2. The van der Waals surface area contributed by atoms with Gasteiger partial charge in [0.25, 0.3) is 11.8 Å². The quantitative estimate of drug-likeness (QED) is 0.101. The fourth-order valence-electron chi connectivity index (χ4n) is 12.6. The summed E-state index contributed by atoms with van der Waals surface area (Å²) >= 11 is 0. The molecule has 356 valence electrons. The summed E-state index contributed by atoms with van der Waals surface area (Å²) in [5, 5.41) is 5.66. The van der Waals surface area contributed by atoms with E-state index in [0.29, 0.717) is 29.2 Å². The third-order valence-corrected chi connectivity index (χ3v) is 16.0. The zero-order valence-electron chi connectivity index (χ0n) is 39.1. The Labute approximate surface area is 398 Å². The number of likely N-dealkylation sites (tertiary alicyclic amines) is 2. The molecule has 10 rings (SSSR count). The standard InChI is InChI=1S/C54H64N8O6/c1-67-53(65)59-47(37-13-5-3-6-14-37)51(63)61-43-19-11-9-17-39(43)29-45(61)49-55-31-41(57-49)35-25-21-33(22-26-35)34-23-27-36(28-24-34)42-32-56-50(58-42)46-30-40-18-10-12-20-44(40)62(46)52(64)48(60-54(66)68-2)38-15-7-4-8-16-38/h3-8,13-16,21-22,25-26,31-32,34,36,39-40,43-48H,9-12,17-20,23-24,27-30H2,1-2H3,(H,55,57)(H,56,58)(H,59,65)(H,60,66)/t34-,36-,39-,40-,43-,44-,45+,46+,47-,48-/m1/s1. The smallest absolute Gasteiger partial charge is 0.407 e. The first-order valence-electron chi connectivity index (χ1n) is 24.9. The number of aromatic amines is 2. The summed E-state index contributed by atoms with van der Waals surface area (Å²) in [6.45, 7) is 0. The second kappa shape index (κ2) is 20.0. The molecule has 2 aliphatic heterocycles. The third-order valence-electron chi connectivity index (χ3n) is 16.0. The Balaban J connectivity index is 0.804. The number of carbonyl (C=O) groups is 4. The maximum absolute atomic E-state index is 14.6. The van der Waals surface area contributed by atoms with Crippen molar-refractivity contribution in [2.24, 2.45) is 11.8 Å². The number of alkyl carbamates (subject to hydrolysis) is 2. The highest BCUT2D eigenvalue weighted by Crippen LogP contribution is 2.49. The van der Waals surface area contributed by atoms with Gasteiger partial charge in [0, 0.05) is 29.9 Å². The summed E-state index contributed by atoms with van der Waals surface area (Å²) in [6.07, 6.45) is 17.0. The molecular formula is C54H64N8O6. The molecule has 2 aromatic heterocycles. The molecule has 14 heteroatoms. The lowest BCUT2D eigenvalue weighted by Crippen LogP contribution is -2.47. The van der Waals surface area contributed by atoms with Crippen LogP contribution in [0.15, 0.2) is 97.3 Å². The average Bonchev–Trinajstić information content (AvgIpc) is 4.23. The Hall–Kier alpha value is -6.44. The van der Waals surface area contributed by atoms with Crippen LogP contribution >= 0.6 is 0 Å². The van der Waals surface area contributed by atoms with E-state index in [1.54, 1.807) is 0 Å². The number of amides is 4. The summed E-state index contributed by atoms with van der Waals surface area (Å²) in [5.74, 6) is 2.92. The van der Waals surface area contributed by atoms with Crippen molar-refractivity contribution in [3.05, 3.63) is 131 Å². The summed E-state index contributed by atoms with van der Waals surface area (Å²) in [6, 6.07) is 25.7. The van der Waals surface area contributed by atoms with Crippen LogP contribution in [0.1, 0.15) is 160 Å². The largest absolute Gasteiger partial charge is 0.453 e. The highest BCUT2D eigenvalue weighted by molar-refractivity contribution is 5.88. The average molecular weight is 921 g/mol. The number of nitrogens with one attached hydrogen (secondary N) is 4. The van der Waals surface area contributed by atoms with E-state index in [1.807, 2.05) is 82.9 Å². The maximum Gasteiger partial charge on any atom is 0.407 e. The van der Waals surface area contributed by atoms with Gasteiger partial charge in [0.05, 0.1) is 38.2 Å². The number of imidazole rings is 2. The van der Waals surface area contributed by atoms with Crippen molar-refractivity contribution in [2.75, 3.05) is 14.2 Å². The lowest BCUT2D eigenvalue weighted by Gasteiger charge is -2.36. The second-order valence-electron chi connectivity index (χ2n) is 19.8. The minimum absolute atomic E-state index is 0.0827. The van der Waals surface area contributed by atoms with Crippen molar-refractivity contribution < 1.29 is 28.7 Å². The topological polar surface area (TPSA) is 175 Å². The fourth-order valence-corrected chi connectivity index (χ4v) is 12.6. The Morgan fingerprint density at radius 3 is 1.56 bits per heavy atom. The van der Waals surface area contributed by atoms with Crippen molar-refractivity contribution in [3.63, 3.8) is 0 Å². The molecule has 3 aliphatic carbocycles. The monoisotopic (exact) mass is 920 g/mol. The first-order valence-corrected chi connectivity index (χ1v) is 24.9. The highest BCUT2D eigenvalue weighted by atomic mass is 16.5. The van der Waals surface area contributed by atoms with Gasteiger partial charge in [-0.2, -0.15) is 0 Å². The molecule has 5 fully saturated rings. The van der Waals surface area contributed by atoms with Gasteiger partial charge in [-0.3, -0.25) is 9.59 Å². The molecule has 4 heterocycles. The van der Waals surface area contributed by atoms with Gasteiger partial charge >= 0.3 is 12.2 Å². The Morgan fingerprint density at radius 1 is 0.574 bits per heavy atom. The maximum atomic E-state index is 14.6. The number of methoxy groups -OCH3 is 2. The number of H-pyrrole nitrogens is 2. The van der Waals surface area contributed by atoms with Crippen LogP contribution in [0.3, 0.4) is 0 Å². The number of nitrogens with zero attached hydrogens (tertiary/aromatic N) is 4. The van der Waals surface area contributed by atoms with Gasteiger partial charge in [0.2, 0.25) is 0 Å². The van der Waals surface area contributed by atoms with E-state index < -0.39 is 24.3 Å². The van der Waals surface area contributed by atoms with Crippen molar-refractivity contribution in [1.29, 1.82) is 0 Å². The minimum Gasteiger partial charge on any atom is -0.453 e. The number of carbonyl (C=O) groups excluding carboxylic acids is 4. The van der Waals surface area contributed by atoms with Gasteiger partial charge in [-0.25, -0.2) is 19.6 Å². The number of hydrogen-bond acceptors (Lipinski definition) is 8. The molecule has 4 amide bonds. The van der Waals surface area contributed by atoms with E-state index in [4.69, 9.17) is 19.4 Å². The zero-order chi connectivity index (χ0) is 46.7. The minimum atomic E-state index is -0.872. The molecule has 14 nitrogen and oxygen atoms in total. The van der Waals surface area contributed by atoms with E-state index in [1.165, 1.54) is 19.8 Å². The molecule has 0 radical (unpaired) electrons. The van der Waals surface area contributed by atoms with E-state index in [2.05, 4.69) is 44.9 Å². The molecule has 0 unspecified atom stereocenters. The summed E-state index contributed by atoms with van der Waals surface area (Å²) in [5.41, 5.74) is 5.87. The molecule has 0 bridgehead atoms. The van der Waals surface area contributed by atoms with Gasteiger partial charge in [0.15, 0.2) is 0 Å².